The summed E-state index contributed by atoms with van der Waals surface area (Å²) in [5.74, 6) is 0. The summed E-state index contributed by atoms with van der Waals surface area (Å²) in [4.78, 5) is 12.5. The van der Waals surface area contributed by atoms with Crippen LogP contribution in [0.1, 0.15) is 19.8 Å². The van der Waals surface area contributed by atoms with Gasteiger partial charge in [0.2, 0.25) is 0 Å². The first-order valence-electron chi connectivity index (χ1n) is 6.78. The van der Waals surface area contributed by atoms with Crippen LogP contribution >= 0.6 is 0 Å². The molecular formula is C12H16F6N2O2. The summed E-state index contributed by atoms with van der Waals surface area (Å²) in [7, 11) is 0. The van der Waals surface area contributed by atoms with Crippen molar-refractivity contribution in [3.05, 3.63) is 0 Å². The summed E-state index contributed by atoms with van der Waals surface area (Å²) < 4.78 is 82.7. The van der Waals surface area contributed by atoms with Crippen LogP contribution in [0.15, 0.2) is 0 Å². The summed E-state index contributed by atoms with van der Waals surface area (Å²) in [6.45, 7) is 0.0689. The Bertz CT molecular complexity index is 422. The molecule has 128 valence electrons. The van der Waals surface area contributed by atoms with E-state index in [-0.39, 0.29) is 6.10 Å². The van der Waals surface area contributed by atoms with Gasteiger partial charge in [-0.3, -0.25) is 0 Å². The molecule has 0 spiro atoms. The predicted molar refractivity (Wildman–Crippen MR) is 63.1 cm³/mol. The summed E-state index contributed by atoms with van der Waals surface area (Å²) in [5.41, 5.74) is -3.85. The molecule has 2 heterocycles. The van der Waals surface area contributed by atoms with E-state index in [4.69, 9.17) is 4.74 Å². The highest BCUT2D eigenvalue weighted by Gasteiger charge is 2.73. The minimum absolute atomic E-state index is 0.318. The summed E-state index contributed by atoms with van der Waals surface area (Å²) in [6.07, 6.45) is -11.9. The molecule has 2 aliphatic heterocycles. The Morgan fingerprint density at radius 3 is 2.23 bits per heavy atom. The molecule has 0 unspecified atom stereocenters. The number of carbonyl (C=O) groups is 1. The average molecular weight is 334 g/mol. The van der Waals surface area contributed by atoms with Gasteiger partial charge in [0, 0.05) is 19.7 Å². The second-order valence-corrected chi connectivity index (χ2v) is 5.67. The number of alkyl halides is 6. The normalized spacial score (nSPS) is 29.0. The number of carbonyl (C=O) groups excluding carboxylic acids is 1. The van der Waals surface area contributed by atoms with Gasteiger partial charge in [-0.25, -0.2) is 4.79 Å². The molecule has 2 fully saturated rings. The lowest BCUT2D eigenvalue weighted by Gasteiger charge is -2.33. The number of halogens is 6. The minimum Gasteiger partial charge on any atom is -0.376 e. The average Bonchev–Trinajstić information content (AvgIpc) is 2.95. The zero-order chi connectivity index (χ0) is 16.8. The van der Waals surface area contributed by atoms with E-state index >= 15 is 0 Å². The summed E-state index contributed by atoms with van der Waals surface area (Å²) in [5, 5.41) is 2.44. The van der Waals surface area contributed by atoms with E-state index in [9.17, 15) is 31.1 Å². The van der Waals surface area contributed by atoms with Crippen LogP contribution in [0.4, 0.5) is 31.1 Å². The van der Waals surface area contributed by atoms with Gasteiger partial charge >= 0.3 is 18.4 Å². The van der Waals surface area contributed by atoms with E-state index in [1.807, 2.05) is 0 Å². The topological polar surface area (TPSA) is 41.6 Å². The first-order chi connectivity index (χ1) is 9.98. The maximum Gasteiger partial charge on any atom is 0.404 e. The smallest absolute Gasteiger partial charge is 0.376 e. The van der Waals surface area contributed by atoms with E-state index in [0.717, 1.165) is 0 Å². The fourth-order valence-electron chi connectivity index (χ4n) is 2.78. The van der Waals surface area contributed by atoms with Crippen LogP contribution in [-0.4, -0.2) is 55.1 Å². The van der Waals surface area contributed by atoms with Crippen molar-refractivity contribution >= 4 is 6.03 Å². The van der Waals surface area contributed by atoms with Gasteiger partial charge in [-0.1, -0.05) is 0 Å². The van der Waals surface area contributed by atoms with Crippen LogP contribution in [0.2, 0.25) is 0 Å². The SMILES string of the molecule is C[C@@H]1OCC[C@@H]1NC(=O)N1CCC(C(F)(F)F)(C(F)(F)F)C1. The molecule has 0 aromatic carbocycles. The maximum atomic E-state index is 12.9. The number of hydrogen-bond acceptors (Lipinski definition) is 2. The number of nitrogens with one attached hydrogen (secondary N) is 1. The predicted octanol–water partition coefficient (Wildman–Crippen LogP) is 2.69. The number of ether oxygens (including phenoxy) is 1. The van der Waals surface area contributed by atoms with E-state index in [2.05, 4.69) is 5.32 Å². The largest absolute Gasteiger partial charge is 0.404 e. The van der Waals surface area contributed by atoms with Crippen LogP contribution in [-0.2, 0) is 4.74 Å². The standard InChI is InChI=1S/C12H16F6N2O2/c1-7-8(2-5-22-7)19-9(21)20-4-3-10(6-20,11(13,14)15)12(16,17)18/h7-8H,2-6H2,1H3,(H,19,21)/t7-,8-/m0/s1. The van der Waals surface area contributed by atoms with E-state index in [1.165, 1.54) is 0 Å². The van der Waals surface area contributed by atoms with Gasteiger partial charge in [0.15, 0.2) is 5.41 Å². The van der Waals surface area contributed by atoms with Crippen molar-refractivity contribution in [3.8, 4) is 0 Å². The minimum atomic E-state index is -5.45. The monoisotopic (exact) mass is 334 g/mol. The maximum absolute atomic E-state index is 12.9. The van der Waals surface area contributed by atoms with E-state index in [0.29, 0.717) is 17.9 Å². The Morgan fingerprint density at radius 2 is 1.82 bits per heavy atom. The highest BCUT2D eigenvalue weighted by atomic mass is 19.4. The lowest BCUT2D eigenvalue weighted by Crippen LogP contribution is -2.53. The highest BCUT2D eigenvalue weighted by molar-refractivity contribution is 5.75. The van der Waals surface area contributed by atoms with E-state index in [1.54, 1.807) is 6.92 Å². The van der Waals surface area contributed by atoms with Crippen molar-refractivity contribution in [2.75, 3.05) is 19.7 Å². The molecular weight excluding hydrogens is 318 g/mol. The van der Waals surface area contributed by atoms with Gasteiger partial charge in [-0.2, -0.15) is 26.3 Å². The lowest BCUT2D eigenvalue weighted by atomic mass is 9.85. The lowest BCUT2D eigenvalue weighted by molar-refractivity contribution is -0.334. The number of likely N-dealkylation sites (tertiary alicyclic amines) is 1. The van der Waals surface area contributed by atoms with Crippen LogP contribution in [0.5, 0.6) is 0 Å². The Labute approximate surface area is 122 Å². The second kappa shape index (κ2) is 5.47. The van der Waals surface area contributed by atoms with Gasteiger partial charge in [0.25, 0.3) is 0 Å². The molecule has 1 N–H and O–H groups in total. The number of rotatable bonds is 1. The third-order valence-corrected chi connectivity index (χ3v) is 4.33. The van der Waals surface area contributed by atoms with E-state index < -0.39 is 49.4 Å². The molecule has 0 aromatic rings. The number of nitrogens with zero attached hydrogens (tertiary/aromatic N) is 1. The zero-order valence-corrected chi connectivity index (χ0v) is 11.7. The molecule has 0 aromatic heterocycles. The molecule has 2 saturated heterocycles. The molecule has 10 heteroatoms. The van der Waals surface area contributed by atoms with Crippen LogP contribution in [0, 0.1) is 5.41 Å². The molecule has 0 radical (unpaired) electrons. The molecule has 2 amide bonds. The van der Waals surface area contributed by atoms with Crippen molar-refractivity contribution < 1.29 is 35.9 Å². The van der Waals surface area contributed by atoms with Crippen molar-refractivity contribution in [1.82, 2.24) is 10.2 Å². The Morgan fingerprint density at radius 1 is 1.23 bits per heavy atom. The molecule has 2 aliphatic rings. The molecule has 2 rings (SSSR count). The fourth-order valence-corrected chi connectivity index (χ4v) is 2.78. The molecule has 2 atom stereocenters. The summed E-state index contributed by atoms with van der Waals surface area (Å²) in [6, 6.07) is -1.32. The third kappa shape index (κ3) is 2.84. The van der Waals surface area contributed by atoms with Crippen molar-refractivity contribution in [2.24, 2.45) is 5.41 Å². The van der Waals surface area contributed by atoms with Crippen molar-refractivity contribution in [3.63, 3.8) is 0 Å². The van der Waals surface area contributed by atoms with Gasteiger partial charge < -0.3 is 15.0 Å². The van der Waals surface area contributed by atoms with Gasteiger partial charge in [0.05, 0.1) is 12.1 Å². The van der Waals surface area contributed by atoms with Crippen molar-refractivity contribution in [2.45, 2.75) is 44.3 Å². The molecule has 0 saturated carbocycles. The Balaban J connectivity index is 2.08. The Kier molecular flexibility index (Phi) is 4.27. The fraction of sp³-hybridized carbons (Fsp3) is 0.917. The van der Waals surface area contributed by atoms with Crippen LogP contribution in [0.3, 0.4) is 0 Å². The quantitative estimate of drug-likeness (QED) is 0.749. The highest BCUT2D eigenvalue weighted by Crippen LogP contribution is 2.55. The third-order valence-electron chi connectivity index (χ3n) is 4.33. The van der Waals surface area contributed by atoms with Gasteiger partial charge in [-0.05, 0) is 19.8 Å². The Hall–Kier alpha value is -1.19. The number of hydrogen-bond donors (Lipinski definition) is 1. The molecule has 4 nitrogen and oxygen atoms in total. The first-order valence-corrected chi connectivity index (χ1v) is 6.78. The van der Waals surface area contributed by atoms with Gasteiger partial charge in [0.1, 0.15) is 0 Å². The summed E-state index contributed by atoms with van der Waals surface area (Å²) >= 11 is 0. The first kappa shape index (κ1) is 17.2. The zero-order valence-electron chi connectivity index (χ0n) is 11.7. The van der Waals surface area contributed by atoms with Crippen molar-refractivity contribution in [1.29, 1.82) is 0 Å². The molecule has 0 bridgehead atoms. The molecule has 0 aliphatic carbocycles. The number of amides is 2. The van der Waals surface area contributed by atoms with Crippen LogP contribution in [0.25, 0.3) is 0 Å². The molecule has 22 heavy (non-hydrogen) atoms. The van der Waals surface area contributed by atoms with Crippen LogP contribution < -0.4 is 5.32 Å². The number of urea groups is 1. The second-order valence-electron chi connectivity index (χ2n) is 5.67. The van der Waals surface area contributed by atoms with Gasteiger partial charge in [-0.15, -0.1) is 0 Å².